The van der Waals surface area contributed by atoms with Crippen LogP contribution in [0.4, 0.5) is 22.0 Å². The van der Waals surface area contributed by atoms with E-state index in [1.54, 1.807) is 0 Å². The number of halogens is 6. The van der Waals surface area contributed by atoms with Crippen molar-refractivity contribution in [1.82, 2.24) is 0 Å². The van der Waals surface area contributed by atoms with Gasteiger partial charge in [-0.2, -0.15) is 13.2 Å². The molecule has 0 spiro atoms. The minimum absolute atomic E-state index is 0. The highest BCUT2D eigenvalue weighted by atomic mass is 35.5. The van der Waals surface area contributed by atoms with Crippen LogP contribution in [-0.2, 0) is 12.6 Å². The van der Waals surface area contributed by atoms with Crippen molar-refractivity contribution in [1.29, 1.82) is 0 Å². The molecule has 0 bridgehead atoms. The fourth-order valence-corrected chi connectivity index (χ4v) is 1.31. The maximum atomic E-state index is 13.3. The van der Waals surface area contributed by atoms with Crippen molar-refractivity contribution in [3.05, 3.63) is 34.9 Å². The molecule has 0 heterocycles. The predicted octanol–water partition coefficient (Wildman–Crippen LogP) is 2.27. The van der Waals surface area contributed by atoms with Crippen LogP contribution >= 0.6 is 12.4 Å². The SMILES string of the molecule is Cl.NC(CO)Cc1ccc(C(F)(F)F)c(F)c1F. The van der Waals surface area contributed by atoms with Gasteiger partial charge in [-0.3, -0.25) is 0 Å². The van der Waals surface area contributed by atoms with E-state index in [0.29, 0.717) is 6.07 Å². The second-order valence-corrected chi connectivity index (χ2v) is 3.54. The standard InChI is InChI=1S/C10H10F5NO.ClH/c11-8-5(3-6(16)4-17)1-2-7(9(8)12)10(13,14)15;/h1-2,6,17H,3-4,16H2;1H. The molecule has 1 rings (SSSR count). The van der Waals surface area contributed by atoms with Gasteiger partial charge in [-0.15, -0.1) is 12.4 Å². The van der Waals surface area contributed by atoms with Crippen LogP contribution in [0.5, 0.6) is 0 Å². The smallest absolute Gasteiger partial charge is 0.395 e. The first kappa shape index (κ1) is 17.1. The Kier molecular flexibility index (Phi) is 5.98. The van der Waals surface area contributed by atoms with Crippen LogP contribution < -0.4 is 5.73 Å². The topological polar surface area (TPSA) is 46.2 Å². The van der Waals surface area contributed by atoms with Crippen LogP contribution in [0, 0.1) is 11.6 Å². The summed E-state index contributed by atoms with van der Waals surface area (Å²) in [5.74, 6) is -3.52. The fraction of sp³-hybridized carbons (Fsp3) is 0.400. The molecule has 8 heteroatoms. The van der Waals surface area contributed by atoms with Gasteiger partial charge in [0.25, 0.3) is 0 Å². The van der Waals surface area contributed by atoms with E-state index in [1.807, 2.05) is 0 Å². The molecule has 0 amide bonds. The van der Waals surface area contributed by atoms with Gasteiger partial charge in [0.1, 0.15) is 0 Å². The van der Waals surface area contributed by atoms with Gasteiger partial charge in [0.2, 0.25) is 0 Å². The third-order valence-electron chi connectivity index (χ3n) is 2.18. The number of aliphatic hydroxyl groups excluding tert-OH is 1. The molecule has 0 aliphatic rings. The molecule has 1 unspecified atom stereocenters. The van der Waals surface area contributed by atoms with Crippen LogP contribution in [-0.4, -0.2) is 17.8 Å². The summed E-state index contributed by atoms with van der Waals surface area (Å²) < 4.78 is 63.0. The van der Waals surface area contributed by atoms with Crippen molar-refractivity contribution in [2.24, 2.45) is 5.73 Å². The number of nitrogens with two attached hydrogens (primary N) is 1. The second-order valence-electron chi connectivity index (χ2n) is 3.54. The lowest BCUT2D eigenvalue weighted by atomic mass is 10.0. The summed E-state index contributed by atoms with van der Waals surface area (Å²) in [4.78, 5) is 0. The first-order chi connectivity index (χ1) is 7.77. The van der Waals surface area contributed by atoms with E-state index in [0.717, 1.165) is 6.07 Å². The van der Waals surface area contributed by atoms with E-state index in [-0.39, 0.29) is 24.4 Å². The Morgan fingerprint density at radius 3 is 2.17 bits per heavy atom. The number of rotatable bonds is 3. The zero-order valence-corrected chi connectivity index (χ0v) is 9.79. The highest BCUT2D eigenvalue weighted by Gasteiger charge is 2.35. The molecule has 18 heavy (non-hydrogen) atoms. The van der Waals surface area contributed by atoms with Crippen LogP contribution in [0.15, 0.2) is 12.1 Å². The van der Waals surface area contributed by atoms with E-state index >= 15 is 0 Å². The Morgan fingerprint density at radius 2 is 1.72 bits per heavy atom. The zero-order valence-electron chi connectivity index (χ0n) is 8.97. The van der Waals surface area contributed by atoms with E-state index < -0.39 is 36.0 Å². The van der Waals surface area contributed by atoms with Crippen molar-refractivity contribution < 1.29 is 27.1 Å². The average molecular weight is 292 g/mol. The van der Waals surface area contributed by atoms with E-state index in [4.69, 9.17) is 10.8 Å². The highest BCUT2D eigenvalue weighted by Crippen LogP contribution is 2.33. The molecule has 3 N–H and O–H groups in total. The largest absolute Gasteiger partial charge is 0.419 e. The minimum Gasteiger partial charge on any atom is -0.395 e. The molecule has 0 aliphatic heterocycles. The van der Waals surface area contributed by atoms with Gasteiger partial charge >= 0.3 is 6.18 Å². The molecular formula is C10H11ClF5NO. The van der Waals surface area contributed by atoms with E-state index in [2.05, 4.69) is 0 Å². The lowest BCUT2D eigenvalue weighted by Gasteiger charge is -2.13. The number of hydrogen-bond donors (Lipinski definition) is 2. The van der Waals surface area contributed by atoms with Crippen molar-refractivity contribution in [2.75, 3.05) is 6.61 Å². The summed E-state index contributed by atoms with van der Waals surface area (Å²) >= 11 is 0. The number of benzene rings is 1. The van der Waals surface area contributed by atoms with Crippen LogP contribution in [0.1, 0.15) is 11.1 Å². The number of alkyl halides is 3. The lowest BCUT2D eigenvalue weighted by molar-refractivity contribution is -0.140. The van der Waals surface area contributed by atoms with Crippen molar-refractivity contribution in [3.63, 3.8) is 0 Å². The molecule has 0 saturated heterocycles. The van der Waals surface area contributed by atoms with E-state index in [9.17, 15) is 22.0 Å². The van der Waals surface area contributed by atoms with Crippen LogP contribution in [0.3, 0.4) is 0 Å². The molecule has 0 saturated carbocycles. The Balaban J connectivity index is 0.00000289. The summed E-state index contributed by atoms with van der Waals surface area (Å²) in [7, 11) is 0. The second kappa shape index (κ2) is 6.31. The van der Waals surface area contributed by atoms with Gasteiger partial charge in [0, 0.05) is 6.04 Å². The summed E-state index contributed by atoms with van der Waals surface area (Å²) in [5.41, 5.74) is 3.34. The summed E-state index contributed by atoms with van der Waals surface area (Å²) in [5, 5.41) is 8.62. The van der Waals surface area contributed by atoms with Crippen LogP contribution in [0.25, 0.3) is 0 Å². The normalized spacial score (nSPS) is 13.1. The third kappa shape index (κ3) is 3.79. The Labute approximate surface area is 106 Å². The monoisotopic (exact) mass is 291 g/mol. The molecule has 1 atom stereocenters. The van der Waals surface area contributed by atoms with Gasteiger partial charge in [0.15, 0.2) is 11.6 Å². The van der Waals surface area contributed by atoms with Gasteiger partial charge < -0.3 is 10.8 Å². The minimum atomic E-state index is -4.94. The number of hydrogen-bond acceptors (Lipinski definition) is 2. The first-order valence-corrected chi connectivity index (χ1v) is 4.68. The molecule has 104 valence electrons. The molecular weight excluding hydrogens is 281 g/mol. The summed E-state index contributed by atoms with van der Waals surface area (Å²) in [6, 6.07) is 0.426. The summed E-state index contributed by atoms with van der Waals surface area (Å²) in [6.07, 6.45) is -5.18. The zero-order chi connectivity index (χ0) is 13.2. The van der Waals surface area contributed by atoms with Crippen molar-refractivity contribution in [3.8, 4) is 0 Å². The molecule has 1 aromatic carbocycles. The molecule has 0 fully saturated rings. The lowest BCUT2D eigenvalue weighted by Crippen LogP contribution is -2.27. The fourth-order valence-electron chi connectivity index (χ4n) is 1.31. The van der Waals surface area contributed by atoms with Gasteiger partial charge in [-0.25, -0.2) is 8.78 Å². The number of aliphatic hydroxyl groups is 1. The van der Waals surface area contributed by atoms with Gasteiger partial charge in [-0.05, 0) is 18.1 Å². The summed E-state index contributed by atoms with van der Waals surface area (Å²) in [6.45, 7) is -0.470. The molecule has 2 nitrogen and oxygen atoms in total. The van der Waals surface area contributed by atoms with E-state index in [1.165, 1.54) is 0 Å². The maximum Gasteiger partial charge on any atom is 0.419 e. The van der Waals surface area contributed by atoms with Crippen LogP contribution in [0.2, 0.25) is 0 Å². The van der Waals surface area contributed by atoms with Gasteiger partial charge in [0.05, 0.1) is 12.2 Å². The highest BCUT2D eigenvalue weighted by molar-refractivity contribution is 5.85. The molecule has 0 aromatic heterocycles. The maximum absolute atomic E-state index is 13.3. The third-order valence-corrected chi connectivity index (χ3v) is 2.18. The Hall–Kier alpha value is -0.920. The Morgan fingerprint density at radius 1 is 1.17 bits per heavy atom. The average Bonchev–Trinajstić information content (AvgIpc) is 2.22. The molecule has 0 aliphatic carbocycles. The van der Waals surface area contributed by atoms with Gasteiger partial charge in [-0.1, -0.05) is 6.07 Å². The molecule has 0 radical (unpaired) electrons. The quantitative estimate of drug-likeness (QED) is 0.839. The first-order valence-electron chi connectivity index (χ1n) is 4.68. The molecule has 1 aromatic rings. The Bertz CT molecular complexity index is 410. The predicted molar refractivity (Wildman–Crippen MR) is 57.4 cm³/mol. The van der Waals surface area contributed by atoms with Crippen molar-refractivity contribution >= 4 is 12.4 Å². The van der Waals surface area contributed by atoms with Crippen molar-refractivity contribution in [2.45, 2.75) is 18.6 Å².